The summed E-state index contributed by atoms with van der Waals surface area (Å²) in [5, 5.41) is 21.2. The Kier molecular flexibility index (Phi) is 4.62. The summed E-state index contributed by atoms with van der Waals surface area (Å²) < 4.78 is 0. The average molecular weight is 248 g/mol. The van der Waals surface area contributed by atoms with E-state index in [0.29, 0.717) is 18.1 Å². The first-order chi connectivity index (χ1) is 8.36. The number of aliphatic hydroxyl groups is 1. The molecule has 1 unspecified atom stereocenters. The third kappa shape index (κ3) is 3.97. The van der Waals surface area contributed by atoms with E-state index in [1.54, 1.807) is 6.07 Å². The predicted octanol–water partition coefficient (Wildman–Crippen LogP) is 1.87. The predicted molar refractivity (Wildman–Crippen MR) is 70.1 cm³/mol. The van der Waals surface area contributed by atoms with E-state index < -0.39 is 0 Å². The lowest BCUT2D eigenvalue weighted by molar-refractivity contribution is 0.235. The normalized spacial score (nSPS) is 12.9. The minimum atomic E-state index is -0.0252. The van der Waals surface area contributed by atoms with Gasteiger partial charge in [-0.3, -0.25) is 0 Å². The van der Waals surface area contributed by atoms with Crippen LogP contribution in [-0.4, -0.2) is 27.7 Å². The van der Waals surface area contributed by atoms with Crippen molar-refractivity contribution in [2.45, 2.75) is 40.2 Å². The molecule has 1 rings (SSSR count). The summed E-state index contributed by atoms with van der Waals surface area (Å²) in [5.74, 6) is 0.444. The molecule has 0 amide bonds. The molecule has 0 bridgehead atoms. The molecule has 0 fully saturated rings. The van der Waals surface area contributed by atoms with Crippen LogP contribution in [0.4, 0.5) is 5.95 Å². The van der Waals surface area contributed by atoms with E-state index in [2.05, 4.69) is 36.1 Å². The second-order valence-corrected chi connectivity index (χ2v) is 5.41. The molecule has 1 aromatic heterocycles. The molecular weight excluding hydrogens is 228 g/mol. The quantitative estimate of drug-likeness (QED) is 0.850. The van der Waals surface area contributed by atoms with Gasteiger partial charge in [-0.15, -0.1) is 0 Å². The first-order valence-electron chi connectivity index (χ1n) is 6.00. The van der Waals surface area contributed by atoms with E-state index in [0.717, 1.165) is 5.69 Å². The van der Waals surface area contributed by atoms with Crippen LogP contribution in [0.3, 0.4) is 0 Å². The summed E-state index contributed by atoms with van der Waals surface area (Å²) in [5.41, 5.74) is 1.07. The monoisotopic (exact) mass is 248 g/mol. The van der Waals surface area contributed by atoms with Crippen molar-refractivity contribution < 1.29 is 5.11 Å². The number of nitrogens with zero attached hydrogens (tertiary/aromatic N) is 3. The van der Waals surface area contributed by atoms with E-state index in [1.807, 2.05) is 13.0 Å². The molecule has 0 aliphatic heterocycles. The SMILES string of the molecule is Cc1cc(C#N)nc(NC(CCO)C(C)(C)C)n1. The summed E-state index contributed by atoms with van der Waals surface area (Å²) in [7, 11) is 0. The van der Waals surface area contributed by atoms with Crippen LogP contribution in [0.2, 0.25) is 0 Å². The highest BCUT2D eigenvalue weighted by Crippen LogP contribution is 2.24. The van der Waals surface area contributed by atoms with Crippen molar-refractivity contribution in [1.82, 2.24) is 9.97 Å². The van der Waals surface area contributed by atoms with Crippen LogP contribution < -0.4 is 5.32 Å². The van der Waals surface area contributed by atoms with Gasteiger partial charge in [-0.1, -0.05) is 20.8 Å². The van der Waals surface area contributed by atoms with Crippen LogP contribution in [-0.2, 0) is 0 Å². The number of nitriles is 1. The maximum atomic E-state index is 9.10. The van der Waals surface area contributed by atoms with E-state index >= 15 is 0 Å². The van der Waals surface area contributed by atoms with Gasteiger partial charge in [0.15, 0.2) is 0 Å². The Morgan fingerprint density at radius 1 is 1.44 bits per heavy atom. The molecular formula is C13H20N4O. The second-order valence-electron chi connectivity index (χ2n) is 5.41. The van der Waals surface area contributed by atoms with Gasteiger partial charge in [-0.25, -0.2) is 9.97 Å². The molecule has 1 aromatic rings. The Bertz CT molecular complexity index is 445. The van der Waals surface area contributed by atoms with Crippen LogP contribution in [0.25, 0.3) is 0 Å². The number of aliphatic hydroxyl groups excluding tert-OH is 1. The molecule has 0 aromatic carbocycles. The number of rotatable bonds is 4. The van der Waals surface area contributed by atoms with Crippen molar-refractivity contribution in [1.29, 1.82) is 5.26 Å². The molecule has 0 aliphatic carbocycles. The van der Waals surface area contributed by atoms with E-state index in [9.17, 15) is 0 Å². The zero-order valence-electron chi connectivity index (χ0n) is 11.4. The van der Waals surface area contributed by atoms with Crippen LogP contribution in [0.5, 0.6) is 0 Å². The van der Waals surface area contributed by atoms with Gasteiger partial charge in [0, 0.05) is 18.3 Å². The minimum Gasteiger partial charge on any atom is -0.396 e. The summed E-state index contributed by atoms with van der Waals surface area (Å²) in [4.78, 5) is 8.39. The van der Waals surface area contributed by atoms with Gasteiger partial charge in [-0.2, -0.15) is 5.26 Å². The standard InChI is InChI=1S/C13H20N4O/c1-9-7-10(8-14)16-12(15-9)17-11(5-6-18)13(2,3)4/h7,11,18H,5-6H2,1-4H3,(H,15,16,17). The molecule has 0 saturated carbocycles. The lowest BCUT2D eigenvalue weighted by Crippen LogP contribution is -2.35. The second kappa shape index (κ2) is 5.78. The maximum absolute atomic E-state index is 9.10. The van der Waals surface area contributed by atoms with Crippen LogP contribution in [0.1, 0.15) is 38.6 Å². The Morgan fingerprint density at radius 2 is 2.11 bits per heavy atom. The van der Waals surface area contributed by atoms with Gasteiger partial charge in [0.2, 0.25) is 5.95 Å². The smallest absolute Gasteiger partial charge is 0.224 e. The van der Waals surface area contributed by atoms with Crippen molar-refractivity contribution in [3.63, 3.8) is 0 Å². The van der Waals surface area contributed by atoms with E-state index in [-0.39, 0.29) is 18.1 Å². The van der Waals surface area contributed by atoms with E-state index in [4.69, 9.17) is 10.4 Å². The van der Waals surface area contributed by atoms with Gasteiger partial charge < -0.3 is 10.4 Å². The Balaban J connectivity index is 2.94. The fourth-order valence-electron chi connectivity index (χ4n) is 1.70. The van der Waals surface area contributed by atoms with Crippen molar-refractivity contribution in [2.75, 3.05) is 11.9 Å². The van der Waals surface area contributed by atoms with Gasteiger partial charge >= 0.3 is 0 Å². The molecule has 2 N–H and O–H groups in total. The number of anilines is 1. The molecule has 98 valence electrons. The maximum Gasteiger partial charge on any atom is 0.224 e. The van der Waals surface area contributed by atoms with Crippen molar-refractivity contribution in [3.8, 4) is 6.07 Å². The zero-order chi connectivity index (χ0) is 13.8. The molecule has 5 heteroatoms. The lowest BCUT2D eigenvalue weighted by Gasteiger charge is -2.31. The van der Waals surface area contributed by atoms with Gasteiger partial charge in [0.25, 0.3) is 0 Å². The number of aryl methyl sites for hydroxylation is 1. The molecule has 1 heterocycles. The Labute approximate surface area is 108 Å². The largest absolute Gasteiger partial charge is 0.396 e. The molecule has 0 aliphatic rings. The first-order valence-corrected chi connectivity index (χ1v) is 6.00. The Hall–Kier alpha value is -1.67. The third-order valence-corrected chi connectivity index (χ3v) is 2.74. The minimum absolute atomic E-state index is 0.0252. The molecule has 0 radical (unpaired) electrons. The van der Waals surface area contributed by atoms with Gasteiger partial charge in [0.1, 0.15) is 11.8 Å². The summed E-state index contributed by atoms with van der Waals surface area (Å²) in [6.07, 6.45) is 0.614. The highest BCUT2D eigenvalue weighted by molar-refractivity contribution is 5.34. The van der Waals surface area contributed by atoms with Crippen LogP contribution in [0.15, 0.2) is 6.07 Å². The molecule has 18 heavy (non-hydrogen) atoms. The third-order valence-electron chi connectivity index (χ3n) is 2.74. The molecule has 5 nitrogen and oxygen atoms in total. The summed E-state index contributed by atoms with van der Waals surface area (Å²) in [6, 6.07) is 3.71. The number of hydrogen-bond acceptors (Lipinski definition) is 5. The van der Waals surface area contributed by atoms with Crippen LogP contribution >= 0.6 is 0 Å². The fourth-order valence-corrected chi connectivity index (χ4v) is 1.70. The highest BCUT2D eigenvalue weighted by Gasteiger charge is 2.24. The summed E-state index contributed by atoms with van der Waals surface area (Å²) in [6.45, 7) is 8.18. The average Bonchev–Trinajstić information content (AvgIpc) is 2.26. The number of hydrogen-bond donors (Lipinski definition) is 2. The molecule has 0 saturated heterocycles. The lowest BCUT2D eigenvalue weighted by atomic mass is 9.85. The summed E-state index contributed by atoms with van der Waals surface area (Å²) >= 11 is 0. The fraction of sp³-hybridized carbons (Fsp3) is 0.615. The van der Waals surface area contributed by atoms with Gasteiger partial charge in [-0.05, 0) is 24.8 Å². The van der Waals surface area contributed by atoms with E-state index in [1.165, 1.54) is 0 Å². The topological polar surface area (TPSA) is 81.8 Å². The van der Waals surface area contributed by atoms with Crippen LogP contribution in [0, 0.1) is 23.7 Å². The number of nitrogens with one attached hydrogen (secondary N) is 1. The molecule has 1 atom stereocenters. The number of aromatic nitrogens is 2. The highest BCUT2D eigenvalue weighted by atomic mass is 16.3. The molecule has 0 spiro atoms. The van der Waals surface area contributed by atoms with Crippen molar-refractivity contribution in [3.05, 3.63) is 17.5 Å². The zero-order valence-corrected chi connectivity index (χ0v) is 11.4. The van der Waals surface area contributed by atoms with Crippen molar-refractivity contribution >= 4 is 5.95 Å². The van der Waals surface area contributed by atoms with Gasteiger partial charge in [0.05, 0.1) is 0 Å². The Morgan fingerprint density at radius 3 is 2.61 bits per heavy atom. The van der Waals surface area contributed by atoms with Crippen molar-refractivity contribution in [2.24, 2.45) is 5.41 Å². The first kappa shape index (κ1) is 14.4.